The summed E-state index contributed by atoms with van der Waals surface area (Å²) in [4.78, 5) is 4.31. The lowest BCUT2D eigenvalue weighted by atomic mass is 9.88. The Labute approximate surface area is 87.3 Å². The number of nitrogens with one attached hydrogen (secondary N) is 1. The summed E-state index contributed by atoms with van der Waals surface area (Å²) < 4.78 is 1.81. The van der Waals surface area contributed by atoms with Gasteiger partial charge in [0.05, 0.1) is 6.20 Å². The van der Waals surface area contributed by atoms with Crippen LogP contribution >= 0.6 is 0 Å². The van der Waals surface area contributed by atoms with Crippen LogP contribution in [0.3, 0.4) is 0 Å². The van der Waals surface area contributed by atoms with Crippen molar-refractivity contribution in [3.8, 4) is 0 Å². The molecule has 2 heterocycles. The molecule has 78 valence electrons. The molecule has 2 aromatic heterocycles. The van der Waals surface area contributed by atoms with Gasteiger partial charge in [-0.1, -0.05) is 0 Å². The first kappa shape index (κ1) is 8.67. The number of anilines is 1. The monoisotopic (exact) mass is 203 g/mol. The molecule has 1 aliphatic rings. The van der Waals surface area contributed by atoms with E-state index in [0.29, 0.717) is 12.1 Å². The average Bonchev–Trinajstić information content (AvgIpc) is 2.64. The zero-order valence-corrected chi connectivity index (χ0v) is 8.30. The van der Waals surface area contributed by atoms with E-state index in [-0.39, 0.29) is 0 Å². The molecular weight excluding hydrogens is 190 g/mol. The summed E-state index contributed by atoms with van der Waals surface area (Å²) in [6.07, 6.45) is 7.41. The van der Waals surface area contributed by atoms with Crippen LogP contribution < -0.4 is 11.1 Å². The number of nitrogens with two attached hydrogens (primary N) is 1. The van der Waals surface area contributed by atoms with Crippen molar-refractivity contribution in [1.82, 2.24) is 14.6 Å². The van der Waals surface area contributed by atoms with Gasteiger partial charge >= 0.3 is 0 Å². The Kier molecular flexibility index (Phi) is 1.85. The minimum absolute atomic E-state index is 0.354. The maximum atomic E-state index is 5.74. The Morgan fingerprint density at radius 1 is 1.40 bits per heavy atom. The standard InChI is InChI=1S/C10H13N5/c11-7-5-8(6-7)14-10-9-1-2-13-15(9)4-3-12-10/h1-4,7-8H,5-6,11H2,(H,12,14). The summed E-state index contributed by atoms with van der Waals surface area (Å²) in [6.45, 7) is 0. The maximum Gasteiger partial charge on any atom is 0.152 e. The fourth-order valence-electron chi connectivity index (χ4n) is 1.94. The van der Waals surface area contributed by atoms with Gasteiger partial charge in [0.2, 0.25) is 0 Å². The summed E-state index contributed by atoms with van der Waals surface area (Å²) in [5.74, 6) is 0.895. The number of hydrogen-bond donors (Lipinski definition) is 2. The largest absolute Gasteiger partial charge is 0.365 e. The van der Waals surface area contributed by atoms with Crippen LogP contribution in [0.5, 0.6) is 0 Å². The molecule has 3 rings (SSSR count). The second-order valence-corrected chi connectivity index (χ2v) is 4.01. The van der Waals surface area contributed by atoms with Gasteiger partial charge in [0, 0.05) is 24.5 Å². The Morgan fingerprint density at radius 3 is 3.07 bits per heavy atom. The maximum absolute atomic E-state index is 5.74. The van der Waals surface area contributed by atoms with Crippen molar-refractivity contribution in [2.45, 2.75) is 24.9 Å². The highest BCUT2D eigenvalue weighted by atomic mass is 15.2. The van der Waals surface area contributed by atoms with E-state index in [4.69, 9.17) is 5.73 Å². The molecular formula is C10H13N5. The van der Waals surface area contributed by atoms with Crippen LogP contribution in [-0.2, 0) is 0 Å². The van der Waals surface area contributed by atoms with Gasteiger partial charge in [-0.05, 0) is 18.9 Å². The number of hydrogen-bond acceptors (Lipinski definition) is 4. The first-order valence-corrected chi connectivity index (χ1v) is 5.13. The summed E-state index contributed by atoms with van der Waals surface area (Å²) in [6, 6.07) is 2.77. The molecule has 5 heteroatoms. The second kappa shape index (κ2) is 3.20. The fourth-order valence-corrected chi connectivity index (χ4v) is 1.94. The molecule has 1 aliphatic carbocycles. The molecule has 0 amide bonds. The lowest BCUT2D eigenvalue weighted by molar-refractivity contribution is 0.373. The minimum atomic E-state index is 0.354. The van der Waals surface area contributed by atoms with E-state index >= 15 is 0 Å². The SMILES string of the molecule is NC1CC(Nc2nccn3nccc23)C1. The van der Waals surface area contributed by atoms with Crippen molar-refractivity contribution in [2.75, 3.05) is 5.32 Å². The van der Waals surface area contributed by atoms with Gasteiger partial charge in [0.15, 0.2) is 5.82 Å². The van der Waals surface area contributed by atoms with Gasteiger partial charge in [-0.3, -0.25) is 0 Å². The van der Waals surface area contributed by atoms with Crippen LogP contribution in [0.1, 0.15) is 12.8 Å². The summed E-state index contributed by atoms with van der Waals surface area (Å²) in [5, 5.41) is 7.54. The van der Waals surface area contributed by atoms with Crippen molar-refractivity contribution in [1.29, 1.82) is 0 Å². The molecule has 0 radical (unpaired) electrons. The third-order valence-electron chi connectivity index (χ3n) is 2.84. The summed E-state index contributed by atoms with van der Waals surface area (Å²) >= 11 is 0. The Hall–Kier alpha value is -1.62. The molecule has 3 N–H and O–H groups in total. The molecule has 15 heavy (non-hydrogen) atoms. The normalized spacial score (nSPS) is 25.1. The van der Waals surface area contributed by atoms with Gasteiger partial charge in [-0.25, -0.2) is 9.50 Å². The van der Waals surface area contributed by atoms with Crippen LogP contribution in [0, 0.1) is 0 Å². The summed E-state index contributed by atoms with van der Waals surface area (Å²) in [5.41, 5.74) is 6.75. The van der Waals surface area contributed by atoms with E-state index in [1.54, 1.807) is 12.4 Å². The third-order valence-corrected chi connectivity index (χ3v) is 2.84. The van der Waals surface area contributed by atoms with Gasteiger partial charge in [-0.2, -0.15) is 5.10 Å². The molecule has 0 saturated heterocycles. The Balaban J connectivity index is 1.87. The van der Waals surface area contributed by atoms with Crippen LogP contribution in [-0.4, -0.2) is 26.7 Å². The van der Waals surface area contributed by atoms with Crippen LogP contribution in [0.25, 0.3) is 5.52 Å². The van der Waals surface area contributed by atoms with Crippen molar-refractivity contribution >= 4 is 11.3 Å². The first-order valence-electron chi connectivity index (χ1n) is 5.13. The molecule has 0 bridgehead atoms. The second-order valence-electron chi connectivity index (χ2n) is 4.01. The Bertz CT molecular complexity index is 471. The van der Waals surface area contributed by atoms with Crippen LogP contribution in [0.2, 0.25) is 0 Å². The van der Waals surface area contributed by atoms with E-state index in [1.165, 1.54) is 0 Å². The highest BCUT2D eigenvalue weighted by Gasteiger charge is 2.26. The van der Waals surface area contributed by atoms with Crippen molar-refractivity contribution in [3.63, 3.8) is 0 Å². The lowest BCUT2D eigenvalue weighted by Gasteiger charge is -2.33. The zero-order valence-electron chi connectivity index (χ0n) is 8.30. The van der Waals surface area contributed by atoms with E-state index in [9.17, 15) is 0 Å². The third kappa shape index (κ3) is 1.45. The molecule has 0 atom stereocenters. The predicted molar refractivity (Wildman–Crippen MR) is 57.6 cm³/mol. The minimum Gasteiger partial charge on any atom is -0.365 e. The fraction of sp³-hybridized carbons (Fsp3) is 0.400. The highest BCUT2D eigenvalue weighted by Crippen LogP contribution is 2.23. The molecule has 2 aromatic rings. The van der Waals surface area contributed by atoms with Gasteiger partial charge < -0.3 is 11.1 Å². The smallest absolute Gasteiger partial charge is 0.152 e. The van der Waals surface area contributed by atoms with Crippen molar-refractivity contribution in [2.24, 2.45) is 5.73 Å². The molecule has 1 fully saturated rings. The highest BCUT2D eigenvalue weighted by molar-refractivity contribution is 5.67. The number of aromatic nitrogens is 3. The zero-order chi connectivity index (χ0) is 10.3. The molecule has 1 saturated carbocycles. The topological polar surface area (TPSA) is 68.2 Å². The molecule has 0 aliphatic heterocycles. The lowest BCUT2D eigenvalue weighted by Crippen LogP contribution is -2.44. The Morgan fingerprint density at radius 2 is 2.27 bits per heavy atom. The quantitative estimate of drug-likeness (QED) is 0.751. The van der Waals surface area contributed by atoms with E-state index < -0.39 is 0 Å². The molecule has 0 unspecified atom stereocenters. The average molecular weight is 203 g/mol. The summed E-state index contributed by atoms with van der Waals surface area (Å²) in [7, 11) is 0. The molecule has 0 spiro atoms. The van der Waals surface area contributed by atoms with Crippen LogP contribution in [0.4, 0.5) is 5.82 Å². The first-order chi connectivity index (χ1) is 7.33. The van der Waals surface area contributed by atoms with Crippen LogP contribution in [0.15, 0.2) is 24.7 Å². The van der Waals surface area contributed by atoms with E-state index in [2.05, 4.69) is 15.4 Å². The number of rotatable bonds is 2. The van der Waals surface area contributed by atoms with Gasteiger partial charge in [-0.15, -0.1) is 0 Å². The van der Waals surface area contributed by atoms with E-state index in [0.717, 1.165) is 24.2 Å². The predicted octanol–water partition coefficient (Wildman–Crippen LogP) is 0.631. The van der Waals surface area contributed by atoms with Gasteiger partial charge in [0.25, 0.3) is 0 Å². The van der Waals surface area contributed by atoms with Crippen molar-refractivity contribution in [3.05, 3.63) is 24.7 Å². The van der Waals surface area contributed by atoms with E-state index in [1.807, 2.05) is 16.8 Å². The number of fused-ring (bicyclic) bond motifs is 1. The van der Waals surface area contributed by atoms with Crippen molar-refractivity contribution < 1.29 is 0 Å². The molecule has 0 aromatic carbocycles. The number of nitrogens with zero attached hydrogens (tertiary/aromatic N) is 3. The molecule has 5 nitrogen and oxygen atoms in total. The van der Waals surface area contributed by atoms with Gasteiger partial charge in [0.1, 0.15) is 5.52 Å².